The molecule has 0 aromatic carbocycles. The predicted molar refractivity (Wildman–Crippen MR) is 65.2 cm³/mol. The van der Waals surface area contributed by atoms with E-state index in [4.69, 9.17) is 15.7 Å². The first-order chi connectivity index (χ1) is 8.24. The maximum atomic E-state index is 9.04. The molecule has 1 aliphatic carbocycles. The number of aromatic nitrogens is 1. The molecule has 0 aliphatic heterocycles. The van der Waals surface area contributed by atoms with E-state index < -0.39 is 0 Å². The summed E-state index contributed by atoms with van der Waals surface area (Å²) in [6.45, 7) is 0. The van der Waals surface area contributed by atoms with Crippen molar-refractivity contribution < 1.29 is 4.74 Å². The van der Waals surface area contributed by atoms with Crippen molar-refractivity contribution in [2.24, 2.45) is 5.92 Å². The zero-order chi connectivity index (χ0) is 12.3. The van der Waals surface area contributed by atoms with Gasteiger partial charge in [-0.3, -0.25) is 0 Å². The lowest BCUT2D eigenvalue weighted by atomic mass is 9.94. The Kier molecular flexibility index (Phi) is 3.60. The number of pyridine rings is 1. The van der Waals surface area contributed by atoms with Gasteiger partial charge in [-0.25, -0.2) is 4.98 Å². The largest absolute Gasteiger partial charge is 0.384 e. The van der Waals surface area contributed by atoms with Crippen molar-refractivity contribution in [1.82, 2.24) is 4.98 Å². The third-order valence-corrected chi connectivity index (χ3v) is 3.51. The van der Waals surface area contributed by atoms with Gasteiger partial charge in [0, 0.05) is 13.3 Å². The van der Waals surface area contributed by atoms with Crippen LogP contribution in [0.2, 0.25) is 0 Å². The standard InChI is InChI=1S/C13H17N3O/c1-17-12-4-2-3-9(12)5-10-6-13(15)16-8-11(10)7-14/h6,8-9,12H,2-5H2,1H3,(H2,15,16)/t9?,12-/m0/s1. The number of nitrogen functional groups attached to an aromatic ring is 1. The maximum Gasteiger partial charge on any atom is 0.123 e. The third-order valence-electron chi connectivity index (χ3n) is 3.51. The molecule has 1 saturated carbocycles. The number of hydrogen-bond acceptors (Lipinski definition) is 4. The molecule has 17 heavy (non-hydrogen) atoms. The highest BCUT2D eigenvalue weighted by Crippen LogP contribution is 2.31. The lowest BCUT2D eigenvalue weighted by Crippen LogP contribution is -2.19. The minimum Gasteiger partial charge on any atom is -0.384 e. The Bertz CT molecular complexity index is 439. The summed E-state index contributed by atoms with van der Waals surface area (Å²) in [5.41, 5.74) is 7.29. The van der Waals surface area contributed by atoms with Gasteiger partial charge in [-0.1, -0.05) is 6.42 Å². The van der Waals surface area contributed by atoms with Gasteiger partial charge in [0.2, 0.25) is 0 Å². The van der Waals surface area contributed by atoms with Gasteiger partial charge in [-0.05, 0) is 36.8 Å². The van der Waals surface area contributed by atoms with Crippen LogP contribution in [0.1, 0.15) is 30.4 Å². The fraction of sp³-hybridized carbons (Fsp3) is 0.538. The molecule has 1 aromatic heterocycles. The Labute approximate surface area is 101 Å². The summed E-state index contributed by atoms with van der Waals surface area (Å²) in [6, 6.07) is 3.98. The lowest BCUT2D eigenvalue weighted by Gasteiger charge is -2.18. The van der Waals surface area contributed by atoms with Gasteiger partial charge in [-0.15, -0.1) is 0 Å². The number of nitrogens with zero attached hydrogens (tertiary/aromatic N) is 2. The van der Waals surface area contributed by atoms with Crippen LogP contribution in [-0.4, -0.2) is 18.2 Å². The third kappa shape index (κ3) is 2.56. The van der Waals surface area contributed by atoms with Crippen LogP contribution in [0, 0.1) is 17.2 Å². The van der Waals surface area contributed by atoms with Crippen LogP contribution in [0.4, 0.5) is 5.82 Å². The molecule has 1 aromatic rings. The van der Waals surface area contributed by atoms with Gasteiger partial charge in [0.1, 0.15) is 11.9 Å². The molecule has 1 unspecified atom stereocenters. The van der Waals surface area contributed by atoms with Crippen LogP contribution in [-0.2, 0) is 11.2 Å². The Balaban J connectivity index is 2.18. The number of nitrogens with two attached hydrogens (primary N) is 1. The van der Waals surface area contributed by atoms with E-state index in [0.717, 1.165) is 24.8 Å². The van der Waals surface area contributed by atoms with Crippen molar-refractivity contribution in [1.29, 1.82) is 5.26 Å². The second-order valence-electron chi connectivity index (χ2n) is 4.55. The Morgan fingerprint density at radius 1 is 1.59 bits per heavy atom. The Morgan fingerprint density at radius 3 is 3.12 bits per heavy atom. The lowest BCUT2D eigenvalue weighted by molar-refractivity contribution is 0.0713. The molecule has 0 spiro atoms. The monoisotopic (exact) mass is 231 g/mol. The van der Waals surface area contributed by atoms with Crippen LogP contribution < -0.4 is 5.73 Å². The van der Waals surface area contributed by atoms with E-state index >= 15 is 0 Å². The SMILES string of the molecule is CO[C@H]1CCCC1Cc1cc(N)ncc1C#N. The topological polar surface area (TPSA) is 71.9 Å². The first-order valence-electron chi connectivity index (χ1n) is 5.92. The maximum absolute atomic E-state index is 9.04. The first-order valence-corrected chi connectivity index (χ1v) is 5.92. The first kappa shape index (κ1) is 11.9. The van der Waals surface area contributed by atoms with Gasteiger partial charge < -0.3 is 10.5 Å². The molecule has 0 amide bonds. The molecule has 0 bridgehead atoms. The fourth-order valence-corrected chi connectivity index (χ4v) is 2.61. The molecule has 90 valence electrons. The van der Waals surface area contributed by atoms with Crippen LogP contribution >= 0.6 is 0 Å². The minimum atomic E-state index is 0.316. The van der Waals surface area contributed by atoms with Crippen LogP contribution in [0.3, 0.4) is 0 Å². The van der Waals surface area contributed by atoms with Crippen LogP contribution in [0.25, 0.3) is 0 Å². The van der Waals surface area contributed by atoms with Gasteiger partial charge in [-0.2, -0.15) is 5.26 Å². The summed E-state index contributed by atoms with van der Waals surface area (Å²) in [5, 5.41) is 9.04. The number of ether oxygens (including phenoxy) is 1. The van der Waals surface area contributed by atoms with Gasteiger partial charge in [0.05, 0.1) is 11.7 Å². The highest BCUT2D eigenvalue weighted by molar-refractivity contribution is 5.43. The van der Waals surface area contributed by atoms with E-state index in [-0.39, 0.29) is 0 Å². The van der Waals surface area contributed by atoms with Gasteiger partial charge >= 0.3 is 0 Å². The van der Waals surface area contributed by atoms with Crippen molar-refractivity contribution in [3.05, 3.63) is 23.4 Å². The summed E-state index contributed by atoms with van der Waals surface area (Å²) in [4.78, 5) is 3.95. The average Bonchev–Trinajstić information content (AvgIpc) is 2.77. The zero-order valence-electron chi connectivity index (χ0n) is 10.0. The molecule has 2 atom stereocenters. The summed E-state index contributed by atoms with van der Waals surface area (Å²) in [5.74, 6) is 0.972. The van der Waals surface area contributed by atoms with Crippen LogP contribution in [0.5, 0.6) is 0 Å². The summed E-state index contributed by atoms with van der Waals surface area (Å²) in [7, 11) is 1.76. The molecule has 2 rings (SSSR count). The number of nitriles is 1. The Hall–Kier alpha value is -1.60. The summed E-state index contributed by atoms with van der Waals surface area (Å²) in [6.07, 6.45) is 6.20. The van der Waals surface area contributed by atoms with E-state index in [1.807, 2.05) is 6.07 Å². The van der Waals surface area contributed by atoms with E-state index in [0.29, 0.717) is 23.4 Å². The van der Waals surface area contributed by atoms with E-state index in [1.54, 1.807) is 13.3 Å². The summed E-state index contributed by atoms with van der Waals surface area (Å²) >= 11 is 0. The number of methoxy groups -OCH3 is 1. The van der Waals surface area contributed by atoms with Crippen molar-refractivity contribution in [2.75, 3.05) is 12.8 Å². The van der Waals surface area contributed by atoms with Crippen molar-refractivity contribution >= 4 is 5.82 Å². The van der Waals surface area contributed by atoms with E-state index in [1.165, 1.54) is 6.42 Å². The predicted octanol–water partition coefficient (Wildman–Crippen LogP) is 1.89. The molecule has 1 heterocycles. The molecular formula is C13H17N3O. The number of anilines is 1. The molecule has 1 fully saturated rings. The molecule has 1 aliphatic rings. The van der Waals surface area contributed by atoms with E-state index in [9.17, 15) is 0 Å². The van der Waals surface area contributed by atoms with Gasteiger partial charge in [0.25, 0.3) is 0 Å². The molecule has 0 radical (unpaired) electrons. The fourth-order valence-electron chi connectivity index (χ4n) is 2.61. The van der Waals surface area contributed by atoms with Gasteiger partial charge in [0.15, 0.2) is 0 Å². The molecule has 2 N–H and O–H groups in total. The normalized spacial score (nSPS) is 23.5. The molecular weight excluding hydrogens is 214 g/mol. The number of rotatable bonds is 3. The van der Waals surface area contributed by atoms with Crippen LogP contribution in [0.15, 0.2) is 12.3 Å². The van der Waals surface area contributed by atoms with E-state index in [2.05, 4.69) is 11.1 Å². The number of hydrogen-bond donors (Lipinski definition) is 1. The summed E-state index contributed by atoms with van der Waals surface area (Å²) < 4.78 is 5.47. The smallest absolute Gasteiger partial charge is 0.123 e. The van der Waals surface area contributed by atoms with Crippen molar-refractivity contribution in [3.63, 3.8) is 0 Å². The molecule has 0 saturated heterocycles. The second-order valence-corrected chi connectivity index (χ2v) is 4.55. The molecule has 4 heteroatoms. The zero-order valence-corrected chi connectivity index (χ0v) is 10.0. The second kappa shape index (κ2) is 5.15. The van der Waals surface area contributed by atoms with Crippen molar-refractivity contribution in [3.8, 4) is 6.07 Å². The van der Waals surface area contributed by atoms with Crippen molar-refractivity contribution in [2.45, 2.75) is 31.8 Å². The highest BCUT2D eigenvalue weighted by Gasteiger charge is 2.27. The highest BCUT2D eigenvalue weighted by atomic mass is 16.5. The minimum absolute atomic E-state index is 0.316. The average molecular weight is 231 g/mol. The Morgan fingerprint density at radius 2 is 2.41 bits per heavy atom. The molecule has 4 nitrogen and oxygen atoms in total. The quantitative estimate of drug-likeness (QED) is 0.862.